The highest BCUT2D eigenvalue weighted by molar-refractivity contribution is 14.0. The van der Waals surface area contributed by atoms with Crippen molar-refractivity contribution in [3.63, 3.8) is 0 Å². The van der Waals surface area contributed by atoms with Gasteiger partial charge in [-0.05, 0) is 44.8 Å². The third-order valence-corrected chi connectivity index (χ3v) is 4.61. The van der Waals surface area contributed by atoms with Crippen LogP contribution >= 0.6 is 35.3 Å². The maximum Gasteiger partial charge on any atom is 0.191 e. The van der Waals surface area contributed by atoms with Gasteiger partial charge in [0.05, 0.1) is 19.2 Å². The van der Waals surface area contributed by atoms with Gasteiger partial charge in [-0.25, -0.2) is 0 Å². The Hall–Kier alpha value is -0.380. The molecule has 2 N–H and O–H groups in total. The van der Waals surface area contributed by atoms with Crippen LogP contribution in [-0.4, -0.2) is 57.8 Å². The molecule has 7 heteroatoms. The molecule has 1 aromatic heterocycles. The molecule has 0 radical (unpaired) electrons. The van der Waals surface area contributed by atoms with Crippen LogP contribution in [0, 0.1) is 5.92 Å². The minimum Gasteiger partial charge on any atom is -0.380 e. The molecule has 1 heterocycles. The van der Waals surface area contributed by atoms with Gasteiger partial charge in [0.2, 0.25) is 0 Å². The topological polar surface area (TPSA) is 48.9 Å². The maximum atomic E-state index is 5.64. The minimum absolute atomic E-state index is 0. The molecular weight excluding hydrogens is 447 g/mol. The van der Waals surface area contributed by atoms with Crippen LogP contribution in [-0.2, 0) is 4.74 Å². The SMILES string of the molecule is CCNC(=NCC(c1cccs1)N(C)C)NCCOCCC(C)C.I. The Morgan fingerprint density at radius 3 is 2.60 bits per heavy atom. The number of likely N-dealkylation sites (N-methyl/N-ethyl adjacent to an activating group) is 1. The molecule has 0 aliphatic heterocycles. The number of halogens is 1. The van der Waals surface area contributed by atoms with Crippen molar-refractivity contribution < 1.29 is 4.74 Å². The maximum absolute atomic E-state index is 5.64. The van der Waals surface area contributed by atoms with E-state index < -0.39 is 0 Å². The summed E-state index contributed by atoms with van der Waals surface area (Å²) in [5.74, 6) is 1.55. The van der Waals surface area contributed by atoms with Crippen LogP contribution in [0.5, 0.6) is 0 Å². The quantitative estimate of drug-likeness (QED) is 0.219. The lowest BCUT2D eigenvalue weighted by Crippen LogP contribution is -2.39. The second-order valence-corrected chi connectivity index (χ2v) is 7.42. The standard InChI is InChI=1S/C18H34N4OS.HI/c1-6-19-18(20-10-12-23-11-9-15(2)3)21-14-16(22(4)5)17-8-7-13-24-17;/h7-8,13,15-16H,6,9-12,14H2,1-5H3,(H2,19,20,21);1H. The van der Waals surface area contributed by atoms with E-state index in [0.717, 1.165) is 38.6 Å². The average Bonchev–Trinajstić information content (AvgIpc) is 3.04. The number of aliphatic imine (C=N–C) groups is 1. The zero-order chi connectivity index (χ0) is 17.8. The molecule has 1 aromatic rings. The normalized spacial score (nSPS) is 13.0. The lowest BCUT2D eigenvalue weighted by molar-refractivity contribution is 0.128. The van der Waals surface area contributed by atoms with Crippen LogP contribution in [0.25, 0.3) is 0 Å². The average molecular weight is 482 g/mol. The Balaban J connectivity index is 0.00000576. The molecule has 0 aliphatic rings. The fourth-order valence-corrected chi connectivity index (χ4v) is 3.08. The van der Waals surface area contributed by atoms with E-state index in [-0.39, 0.29) is 24.0 Å². The molecular formula is C18H35IN4OS. The summed E-state index contributed by atoms with van der Waals surface area (Å²) in [4.78, 5) is 8.30. The smallest absolute Gasteiger partial charge is 0.191 e. The number of nitrogens with zero attached hydrogens (tertiary/aromatic N) is 2. The van der Waals surface area contributed by atoms with Gasteiger partial charge in [-0.2, -0.15) is 0 Å². The van der Waals surface area contributed by atoms with Gasteiger partial charge in [-0.15, -0.1) is 35.3 Å². The highest BCUT2D eigenvalue weighted by Crippen LogP contribution is 2.23. The van der Waals surface area contributed by atoms with Gasteiger partial charge < -0.3 is 20.3 Å². The Kier molecular flexibility index (Phi) is 14.5. The predicted molar refractivity (Wildman–Crippen MR) is 120 cm³/mol. The van der Waals surface area contributed by atoms with Gasteiger partial charge in [0.25, 0.3) is 0 Å². The predicted octanol–water partition coefficient (Wildman–Crippen LogP) is 3.59. The van der Waals surface area contributed by atoms with Gasteiger partial charge in [-0.1, -0.05) is 19.9 Å². The molecule has 146 valence electrons. The first-order chi connectivity index (χ1) is 11.5. The van der Waals surface area contributed by atoms with Crippen molar-refractivity contribution in [3.8, 4) is 0 Å². The summed E-state index contributed by atoms with van der Waals surface area (Å²) in [5, 5.41) is 8.77. The monoisotopic (exact) mass is 482 g/mol. The van der Waals surface area contributed by atoms with Crippen LogP contribution < -0.4 is 10.6 Å². The molecule has 0 spiro atoms. The Labute approximate surface area is 174 Å². The molecule has 5 nitrogen and oxygen atoms in total. The van der Waals surface area contributed by atoms with Crippen molar-refractivity contribution in [2.24, 2.45) is 10.9 Å². The zero-order valence-electron chi connectivity index (χ0n) is 16.2. The van der Waals surface area contributed by atoms with Crippen LogP contribution in [0.15, 0.2) is 22.5 Å². The number of hydrogen-bond acceptors (Lipinski definition) is 4. The number of hydrogen-bond donors (Lipinski definition) is 2. The Bertz CT molecular complexity index is 452. The van der Waals surface area contributed by atoms with Gasteiger partial charge >= 0.3 is 0 Å². The minimum atomic E-state index is 0. The number of thiophene rings is 1. The van der Waals surface area contributed by atoms with Crippen molar-refractivity contribution in [2.75, 3.05) is 46.9 Å². The number of guanidine groups is 1. The summed E-state index contributed by atoms with van der Waals surface area (Å²) >= 11 is 1.78. The molecule has 0 aliphatic carbocycles. The third kappa shape index (κ3) is 11.0. The first-order valence-corrected chi connectivity index (χ1v) is 9.72. The first kappa shape index (κ1) is 24.6. The second-order valence-electron chi connectivity index (χ2n) is 6.44. The molecule has 1 rings (SSSR count). The van der Waals surface area contributed by atoms with Crippen LogP contribution in [0.3, 0.4) is 0 Å². The molecule has 25 heavy (non-hydrogen) atoms. The van der Waals surface area contributed by atoms with Gasteiger partial charge in [0, 0.05) is 24.6 Å². The van der Waals surface area contributed by atoms with Gasteiger partial charge in [-0.3, -0.25) is 4.99 Å². The molecule has 0 bridgehead atoms. The number of rotatable bonds is 11. The third-order valence-electron chi connectivity index (χ3n) is 3.64. The van der Waals surface area contributed by atoms with E-state index in [4.69, 9.17) is 9.73 Å². The highest BCUT2D eigenvalue weighted by Gasteiger charge is 2.14. The zero-order valence-corrected chi connectivity index (χ0v) is 19.4. The second kappa shape index (κ2) is 14.8. The highest BCUT2D eigenvalue weighted by atomic mass is 127. The van der Waals surface area contributed by atoms with E-state index in [0.29, 0.717) is 18.6 Å². The van der Waals surface area contributed by atoms with Gasteiger partial charge in [0.1, 0.15) is 0 Å². The van der Waals surface area contributed by atoms with Crippen molar-refractivity contribution in [2.45, 2.75) is 33.2 Å². The Morgan fingerprint density at radius 1 is 1.28 bits per heavy atom. The largest absolute Gasteiger partial charge is 0.380 e. The lowest BCUT2D eigenvalue weighted by Gasteiger charge is -2.22. The summed E-state index contributed by atoms with van der Waals surface area (Å²) in [6.45, 7) is 10.4. The fourth-order valence-electron chi connectivity index (χ4n) is 2.17. The number of nitrogens with one attached hydrogen (secondary N) is 2. The van der Waals surface area contributed by atoms with Crippen LogP contribution in [0.4, 0.5) is 0 Å². The number of ether oxygens (including phenoxy) is 1. The van der Waals surface area contributed by atoms with Crippen molar-refractivity contribution in [1.82, 2.24) is 15.5 Å². The van der Waals surface area contributed by atoms with E-state index in [1.807, 2.05) is 0 Å². The van der Waals surface area contributed by atoms with E-state index >= 15 is 0 Å². The van der Waals surface area contributed by atoms with Crippen molar-refractivity contribution in [3.05, 3.63) is 22.4 Å². The van der Waals surface area contributed by atoms with Crippen LogP contribution in [0.2, 0.25) is 0 Å². The summed E-state index contributed by atoms with van der Waals surface area (Å²) in [7, 11) is 4.20. The molecule has 0 aromatic carbocycles. The molecule has 0 amide bonds. The van der Waals surface area contributed by atoms with E-state index in [2.05, 4.69) is 67.9 Å². The van der Waals surface area contributed by atoms with Gasteiger partial charge in [0.15, 0.2) is 5.96 Å². The van der Waals surface area contributed by atoms with Crippen LogP contribution in [0.1, 0.15) is 38.1 Å². The molecule has 0 saturated carbocycles. The summed E-state index contributed by atoms with van der Waals surface area (Å²) in [6, 6.07) is 4.58. The van der Waals surface area contributed by atoms with E-state index in [1.54, 1.807) is 11.3 Å². The molecule has 0 saturated heterocycles. The Morgan fingerprint density at radius 2 is 2.04 bits per heavy atom. The van der Waals surface area contributed by atoms with E-state index in [1.165, 1.54) is 4.88 Å². The first-order valence-electron chi connectivity index (χ1n) is 8.84. The summed E-state index contributed by atoms with van der Waals surface area (Å²) in [6.07, 6.45) is 1.11. The van der Waals surface area contributed by atoms with Crippen molar-refractivity contribution in [1.29, 1.82) is 0 Å². The molecule has 1 atom stereocenters. The van der Waals surface area contributed by atoms with Crippen molar-refractivity contribution >= 4 is 41.3 Å². The fraction of sp³-hybridized carbons (Fsp3) is 0.722. The summed E-state index contributed by atoms with van der Waals surface area (Å²) < 4.78 is 5.64. The van der Waals surface area contributed by atoms with E-state index in [9.17, 15) is 0 Å². The summed E-state index contributed by atoms with van der Waals surface area (Å²) in [5.41, 5.74) is 0. The lowest BCUT2D eigenvalue weighted by atomic mass is 10.1. The molecule has 0 fully saturated rings. The molecule has 1 unspecified atom stereocenters.